The van der Waals surface area contributed by atoms with E-state index in [1.165, 1.54) is 16.7 Å². The van der Waals surface area contributed by atoms with Gasteiger partial charge in [-0.15, -0.1) is 0 Å². The Labute approximate surface area is 235 Å². The number of aryl methyl sites for hydroxylation is 1. The van der Waals surface area contributed by atoms with Gasteiger partial charge in [0.2, 0.25) is 11.8 Å². The van der Waals surface area contributed by atoms with Gasteiger partial charge in [0.1, 0.15) is 6.04 Å². The highest BCUT2D eigenvalue weighted by molar-refractivity contribution is 6.05. The lowest BCUT2D eigenvalue weighted by molar-refractivity contribution is -0.136. The van der Waals surface area contributed by atoms with E-state index in [-0.39, 0.29) is 30.2 Å². The van der Waals surface area contributed by atoms with Crippen LogP contribution in [-0.2, 0) is 22.6 Å². The van der Waals surface area contributed by atoms with Crippen LogP contribution in [0.5, 0.6) is 0 Å². The third-order valence-electron chi connectivity index (χ3n) is 8.53. The lowest BCUT2D eigenvalue weighted by Gasteiger charge is -2.40. The van der Waals surface area contributed by atoms with Crippen LogP contribution in [0.2, 0.25) is 0 Å². The molecule has 0 radical (unpaired) electrons. The van der Waals surface area contributed by atoms with Gasteiger partial charge < -0.3 is 9.80 Å². The highest BCUT2D eigenvalue weighted by atomic mass is 16.2. The molecule has 0 saturated carbocycles. The monoisotopic (exact) mass is 536 g/mol. The fraction of sp³-hybridized carbons (Fsp3) is 0.364. The molecule has 7 heteroatoms. The molecular formula is C33H36N4O3. The number of hydrogen-bond donors (Lipinski definition) is 1. The smallest absolute Gasteiger partial charge is 0.255 e. The van der Waals surface area contributed by atoms with E-state index >= 15 is 0 Å². The molecule has 1 atom stereocenters. The highest BCUT2D eigenvalue weighted by Gasteiger charge is 2.39. The van der Waals surface area contributed by atoms with Crippen molar-refractivity contribution in [3.8, 4) is 0 Å². The molecule has 40 heavy (non-hydrogen) atoms. The van der Waals surface area contributed by atoms with Crippen LogP contribution in [0.25, 0.3) is 0 Å². The summed E-state index contributed by atoms with van der Waals surface area (Å²) in [6.07, 6.45) is 2.68. The average molecular weight is 537 g/mol. The third-order valence-corrected chi connectivity index (χ3v) is 8.53. The van der Waals surface area contributed by atoms with Gasteiger partial charge in [-0.25, -0.2) is 0 Å². The number of carbonyl (C=O) groups excluding carboxylic acids is 3. The average Bonchev–Trinajstić information content (AvgIpc) is 3.30. The molecule has 206 valence electrons. The number of benzene rings is 3. The van der Waals surface area contributed by atoms with Gasteiger partial charge in [0.05, 0.1) is 6.04 Å². The molecule has 6 rings (SSSR count). The van der Waals surface area contributed by atoms with Crippen LogP contribution in [0.15, 0.2) is 78.9 Å². The second-order valence-corrected chi connectivity index (χ2v) is 11.1. The van der Waals surface area contributed by atoms with Crippen LogP contribution in [0.4, 0.5) is 0 Å². The Hall–Kier alpha value is -3.81. The van der Waals surface area contributed by atoms with Gasteiger partial charge in [-0.3, -0.25) is 24.6 Å². The highest BCUT2D eigenvalue weighted by Crippen LogP contribution is 2.30. The summed E-state index contributed by atoms with van der Waals surface area (Å²) in [4.78, 5) is 43.6. The minimum atomic E-state index is -0.567. The lowest BCUT2D eigenvalue weighted by atomic mass is 9.96. The summed E-state index contributed by atoms with van der Waals surface area (Å²) in [5, 5.41) is 2.37. The molecule has 0 aliphatic carbocycles. The summed E-state index contributed by atoms with van der Waals surface area (Å²) in [5.74, 6) is -0.740. The second kappa shape index (κ2) is 11.7. The van der Waals surface area contributed by atoms with Gasteiger partial charge in [-0.05, 0) is 54.1 Å². The molecular weight excluding hydrogens is 500 g/mol. The van der Waals surface area contributed by atoms with Crippen LogP contribution in [-0.4, -0.2) is 71.2 Å². The summed E-state index contributed by atoms with van der Waals surface area (Å²) in [6, 6.07) is 27.4. The first-order valence-corrected chi connectivity index (χ1v) is 14.4. The predicted molar refractivity (Wildman–Crippen MR) is 154 cm³/mol. The third kappa shape index (κ3) is 5.58. The van der Waals surface area contributed by atoms with Crippen molar-refractivity contribution in [1.82, 2.24) is 20.0 Å². The van der Waals surface area contributed by atoms with Crippen LogP contribution in [0.1, 0.15) is 57.9 Å². The fourth-order valence-corrected chi connectivity index (χ4v) is 6.42. The number of piperazine rings is 1. The number of amides is 3. The minimum absolute atomic E-state index is 0.113. The maximum atomic E-state index is 13.0. The van der Waals surface area contributed by atoms with Crippen LogP contribution < -0.4 is 5.32 Å². The molecule has 0 aromatic heterocycles. The molecule has 0 spiro atoms. The molecule has 7 nitrogen and oxygen atoms in total. The Balaban J connectivity index is 1.02. The normalized spacial score (nSPS) is 20.2. The van der Waals surface area contributed by atoms with Gasteiger partial charge in [-0.2, -0.15) is 0 Å². The van der Waals surface area contributed by atoms with E-state index in [0.717, 1.165) is 51.1 Å². The van der Waals surface area contributed by atoms with Crippen molar-refractivity contribution in [3.05, 3.63) is 107 Å². The van der Waals surface area contributed by atoms with E-state index in [9.17, 15) is 14.4 Å². The van der Waals surface area contributed by atoms with Crippen LogP contribution >= 0.6 is 0 Å². The lowest BCUT2D eigenvalue weighted by Crippen LogP contribution is -2.52. The zero-order valence-electron chi connectivity index (χ0n) is 22.8. The number of carbonyl (C=O) groups is 3. The van der Waals surface area contributed by atoms with Gasteiger partial charge in [-0.1, -0.05) is 72.8 Å². The number of hydrogen-bond acceptors (Lipinski definition) is 5. The maximum absolute atomic E-state index is 13.0. The van der Waals surface area contributed by atoms with Crippen molar-refractivity contribution in [3.63, 3.8) is 0 Å². The topological polar surface area (TPSA) is 73.0 Å². The Kier molecular flexibility index (Phi) is 7.75. The minimum Gasteiger partial charge on any atom is -0.322 e. The van der Waals surface area contributed by atoms with Gasteiger partial charge >= 0.3 is 0 Å². The first-order chi connectivity index (χ1) is 19.6. The van der Waals surface area contributed by atoms with E-state index in [1.54, 1.807) is 4.90 Å². The van der Waals surface area contributed by atoms with Crippen molar-refractivity contribution in [1.29, 1.82) is 0 Å². The van der Waals surface area contributed by atoms with Crippen LogP contribution in [0.3, 0.4) is 0 Å². The number of fused-ring (bicyclic) bond motifs is 1. The molecule has 3 aliphatic rings. The molecule has 2 fully saturated rings. The van der Waals surface area contributed by atoms with Crippen molar-refractivity contribution in [2.24, 2.45) is 0 Å². The van der Waals surface area contributed by atoms with Crippen molar-refractivity contribution < 1.29 is 14.4 Å². The van der Waals surface area contributed by atoms with Gasteiger partial charge in [0.15, 0.2) is 0 Å². The molecule has 3 aromatic rings. The maximum Gasteiger partial charge on any atom is 0.255 e. The van der Waals surface area contributed by atoms with E-state index in [0.29, 0.717) is 18.5 Å². The number of nitrogens with one attached hydrogen (secondary N) is 1. The molecule has 3 amide bonds. The van der Waals surface area contributed by atoms with Gasteiger partial charge in [0, 0.05) is 44.7 Å². The Morgan fingerprint density at radius 2 is 1.50 bits per heavy atom. The molecule has 3 aromatic carbocycles. The Morgan fingerprint density at radius 1 is 0.825 bits per heavy atom. The van der Waals surface area contributed by atoms with Crippen molar-refractivity contribution in [2.75, 3.05) is 32.7 Å². The summed E-state index contributed by atoms with van der Waals surface area (Å²) in [7, 11) is 0. The standard InChI is InChI=1S/C33H36N4O3/c38-30-16-15-29(32(39)34-30)37-23-27-22-24(13-14-28(27)33(37)40)8-7-17-35-18-20-36(21-19-35)31(25-9-3-1-4-10-25)26-11-5-2-6-12-26/h1-6,9-14,22,29,31H,7-8,15-21,23H2,(H,34,38,39). The van der Waals surface area contributed by atoms with E-state index in [4.69, 9.17) is 0 Å². The van der Waals surface area contributed by atoms with E-state index < -0.39 is 6.04 Å². The summed E-state index contributed by atoms with van der Waals surface area (Å²) >= 11 is 0. The Bertz CT molecular complexity index is 1330. The summed E-state index contributed by atoms with van der Waals surface area (Å²) in [6.45, 7) is 5.65. The molecule has 1 unspecified atom stereocenters. The van der Waals surface area contributed by atoms with Crippen molar-refractivity contribution in [2.45, 2.75) is 44.3 Å². The zero-order valence-corrected chi connectivity index (χ0v) is 22.8. The first kappa shape index (κ1) is 26.4. The molecule has 3 heterocycles. The summed E-state index contributed by atoms with van der Waals surface area (Å²) in [5.41, 5.74) is 5.56. The molecule has 2 saturated heterocycles. The SMILES string of the molecule is O=C1CCC(N2Cc3cc(CCCN4CCN(C(c5ccccc5)c5ccccc5)CC4)ccc3C2=O)C(=O)N1. The largest absolute Gasteiger partial charge is 0.322 e. The number of imide groups is 1. The van der Waals surface area contributed by atoms with Gasteiger partial charge in [0.25, 0.3) is 5.91 Å². The first-order valence-electron chi connectivity index (χ1n) is 14.4. The number of rotatable bonds is 8. The number of piperidine rings is 1. The van der Waals surface area contributed by atoms with Crippen LogP contribution in [0, 0.1) is 0 Å². The molecule has 0 bridgehead atoms. The van der Waals surface area contributed by atoms with Crippen molar-refractivity contribution >= 4 is 17.7 Å². The number of nitrogens with zero attached hydrogens (tertiary/aromatic N) is 3. The quantitative estimate of drug-likeness (QED) is 0.444. The Morgan fingerprint density at radius 3 is 2.15 bits per heavy atom. The summed E-state index contributed by atoms with van der Waals surface area (Å²) < 4.78 is 0. The zero-order chi connectivity index (χ0) is 27.5. The molecule has 3 aliphatic heterocycles. The van der Waals surface area contributed by atoms with E-state index in [1.807, 2.05) is 12.1 Å². The molecule has 1 N–H and O–H groups in total. The predicted octanol–water partition coefficient (Wildman–Crippen LogP) is 3.79. The second-order valence-electron chi connectivity index (χ2n) is 11.1. The fourth-order valence-electron chi connectivity index (χ4n) is 6.42. The van der Waals surface area contributed by atoms with E-state index in [2.05, 4.69) is 81.8 Å².